The van der Waals surface area contributed by atoms with Crippen molar-refractivity contribution >= 4 is 11.4 Å². The van der Waals surface area contributed by atoms with Crippen molar-refractivity contribution in [2.24, 2.45) is 0 Å². The molecule has 0 fully saturated rings. The lowest BCUT2D eigenvalue weighted by atomic mass is 9.96. The number of rotatable bonds is 1. The van der Waals surface area contributed by atoms with E-state index in [0.29, 0.717) is 0 Å². The van der Waals surface area contributed by atoms with Crippen molar-refractivity contribution in [1.82, 2.24) is 0 Å². The quantitative estimate of drug-likeness (QED) is 0.784. The number of nitrogens with zero attached hydrogens (tertiary/aromatic N) is 1. The van der Waals surface area contributed by atoms with E-state index in [2.05, 4.69) is 0 Å². The SMILES string of the molecule is N#Cc1cc(-c2ccccc2C(F)(F)F)cc(N)c1N. The first kappa shape index (κ1) is 13.7. The van der Waals surface area contributed by atoms with E-state index in [1.807, 2.05) is 6.07 Å². The number of nitriles is 1. The summed E-state index contributed by atoms with van der Waals surface area (Å²) >= 11 is 0. The van der Waals surface area contributed by atoms with Gasteiger partial charge >= 0.3 is 6.18 Å². The Kier molecular flexibility index (Phi) is 3.28. The Hall–Kier alpha value is -2.68. The summed E-state index contributed by atoms with van der Waals surface area (Å²) in [5.41, 5.74) is 10.8. The van der Waals surface area contributed by atoms with Crippen LogP contribution in [0.2, 0.25) is 0 Å². The molecule has 3 nitrogen and oxygen atoms in total. The average molecular weight is 277 g/mol. The minimum atomic E-state index is -4.49. The standard InChI is InChI=1S/C14H10F3N3/c15-14(16,17)11-4-2-1-3-10(11)8-5-9(7-18)13(20)12(19)6-8/h1-6H,19-20H2. The normalized spacial score (nSPS) is 11.1. The molecule has 2 aromatic rings. The van der Waals surface area contributed by atoms with E-state index in [-0.39, 0.29) is 28.1 Å². The van der Waals surface area contributed by atoms with Crippen molar-refractivity contribution in [3.8, 4) is 17.2 Å². The predicted octanol–water partition coefficient (Wildman–Crippen LogP) is 3.41. The van der Waals surface area contributed by atoms with Crippen molar-refractivity contribution in [3.63, 3.8) is 0 Å². The van der Waals surface area contributed by atoms with E-state index in [4.69, 9.17) is 16.7 Å². The summed E-state index contributed by atoms with van der Waals surface area (Å²) in [4.78, 5) is 0. The van der Waals surface area contributed by atoms with Gasteiger partial charge in [0.05, 0.1) is 22.5 Å². The molecule has 2 aromatic carbocycles. The zero-order valence-corrected chi connectivity index (χ0v) is 10.2. The zero-order valence-electron chi connectivity index (χ0n) is 10.2. The molecule has 0 heterocycles. The molecule has 0 aliphatic heterocycles. The van der Waals surface area contributed by atoms with Crippen LogP contribution in [0, 0.1) is 11.3 Å². The Bertz CT molecular complexity index is 700. The summed E-state index contributed by atoms with van der Waals surface area (Å²) < 4.78 is 38.9. The Morgan fingerprint density at radius 1 is 1.05 bits per heavy atom. The van der Waals surface area contributed by atoms with Crippen LogP contribution in [0.25, 0.3) is 11.1 Å². The number of nitrogen functional groups attached to an aromatic ring is 2. The highest BCUT2D eigenvalue weighted by Gasteiger charge is 2.33. The van der Waals surface area contributed by atoms with E-state index in [1.165, 1.54) is 30.3 Å². The molecule has 6 heteroatoms. The van der Waals surface area contributed by atoms with Crippen LogP contribution in [0.3, 0.4) is 0 Å². The third-order valence-corrected chi connectivity index (χ3v) is 2.88. The van der Waals surface area contributed by atoms with Gasteiger partial charge in [-0.1, -0.05) is 18.2 Å². The summed E-state index contributed by atoms with van der Waals surface area (Å²) in [5.74, 6) is 0. The third kappa shape index (κ3) is 2.38. The number of alkyl halides is 3. The lowest BCUT2D eigenvalue weighted by Gasteiger charge is -2.14. The van der Waals surface area contributed by atoms with Crippen LogP contribution in [0.15, 0.2) is 36.4 Å². The summed E-state index contributed by atoms with van der Waals surface area (Å²) in [6, 6.07) is 9.56. The first-order valence-corrected chi connectivity index (χ1v) is 5.60. The fourth-order valence-corrected chi connectivity index (χ4v) is 1.91. The molecule has 0 saturated heterocycles. The lowest BCUT2D eigenvalue weighted by Crippen LogP contribution is -2.07. The van der Waals surface area contributed by atoms with Crippen LogP contribution >= 0.6 is 0 Å². The molecule has 0 spiro atoms. The number of halogens is 3. The van der Waals surface area contributed by atoms with E-state index >= 15 is 0 Å². The smallest absolute Gasteiger partial charge is 0.397 e. The minimum absolute atomic E-state index is 0.0387. The molecule has 0 atom stereocenters. The average Bonchev–Trinajstić information content (AvgIpc) is 2.40. The second kappa shape index (κ2) is 4.78. The molecule has 102 valence electrons. The maximum atomic E-state index is 13.0. The van der Waals surface area contributed by atoms with Gasteiger partial charge in [-0.2, -0.15) is 18.4 Å². The Morgan fingerprint density at radius 3 is 2.30 bits per heavy atom. The van der Waals surface area contributed by atoms with Crippen LogP contribution in [0.5, 0.6) is 0 Å². The van der Waals surface area contributed by atoms with Gasteiger partial charge in [0, 0.05) is 0 Å². The van der Waals surface area contributed by atoms with E-state index in [1.54, 1.807) is 0 Å². The van der Waals surface area contributed by atoms with Crippen molar-refractivity contribution in [3.05, 3.63) is 47.5 Å². The van der Waals surface area contributed by atoms with E-state index in [9.17, 15) is 13.2 Å². The van der Waals surface area contributed by atoms with Crippen molar-refractivity contribution in [1.29, 1.82) is 5.26 Å². The van der Waals surface area contributed by atoms with Crippen LogP contribution in [0.4, 0.5) is 24.5 Å². The predicted molar refractivity (Wildman–Crippen MR) is 70.4 cm³/mol. The molecule has 4 N–H and O–H groups in total. The third-order valence-electron chi connectivity index (χ3n) is 2.88. The van der Waals surface area contributed by atoms with Gasteiger partial charge in [-0.25, -0.2) is 0 Å². The Labute approximate surface area is 113 Å². The lowest BCUT2D eigenvalue weighted by molar-refractivity contribution is -0.137. The molecule has 20 heavy (non-hydrogen) atoms. The van der Waals surface area contributed by atoms with Gasteiger partial charge in [0.25, 0.3) is 0 Å². The molecular formula is C14H10F3N3. The number of anilines is 2. The summed E-state index contributed by atoms with van der Waals surface area (Å²) in [7, 11) is 0. The molecule has 0 bridgehead atoms. The highest BCUT2D eigenvalue weighted by Crippen LogP contribution is 2.38. The Balaban J connectivity index is 2.71. The first-order valence-electron chi connectivity index (χ1n) is 5.60. The van der Waals surface area contributed by atoms with Crippen LogP contribution in [-0.4, -0.2) is 0 Å². The van der Waals surface area contributed by atoms with Crippen LogP contribution in [-0.2, 0) is 6.18 Å². The highest BCUT2D eigenvalue weighted by molar-refractivity contribution is 5.81. The van der Waals surface area contributed by atoms with Crippen LogP contribution < -0.4 is 11.5 Å². The molecule has 0 unspecified atom stereocenters. The second-order valence-corrected chi connectivity index (χ2v) is 4.18. The number of hydrogen-bond donors (Lipinski definition) is 2. The molecule has 0 radical (unpaired) electrons. The molecular weight excluding hydrogens is 267 g/mol. The number of benzene rings is 2. The number of hydrogen-bond acceptors (Lipinski definition) is 3. The summed E-state index contributed by atoms with van der Waals surface area (Å²) in [6.07, 6.45) is -4.49. The molecule has 0 amide bonds. The zero-order chi connectivity index (χ0) is 14.9. The Morgan fingerprint density at radius 2 is 1.70 bits per heavy atom. The van der Waals surface area contributed by atoms with Crippen molar-refractivity contribution in [2.45, 2.75) is 6.18 Å². The van der Waals surface area contributed by atoms with Gasteiger partial charge < -0.3 is 11.5 Å². The maximum Gasteiger partial charge on any atom is 0.417 e. The largest absolute Gasteiger partial charge is 0.417 e. The van der Waals surface area contributed by atoms with Gasteiger partial charge in [-0.15, -0.1) is 0 Å². The number of nitrogens with two attached hydrogens (primary N) is 2. The van der Waals surface area contributed by atoms with E-state index in [0.717, 1.165) is 6.07 Å². The highest BCUT2D eigenvalue weighted by atomic mass is 19.4. The summed E-state index contributed by atoms with van der Waals surface area (Å²) in [6.45, 7) is 0. The van der Waals surface area contributed by atoms with Gasteiger partial charge in [0.15, 0.2) is 0 Å². The molecule has 0 aliphatic rings. The monoisotopic (exact) mass is 277 g/mol. The molecule has 0 aromatic heterocycles. The topological polar surface area (TPSA) is 75.8 Å². The van der Waals surface area contributed by atoms with Gasteiger partial charge in [-0.3, -0.25) is 0 Å². The molecule has 0 saturated carbocycles. The second-order valence-electron chi connectivity index (χ2n) is 4.18. The molecule has 0 aliphatic carbocycles. The van der Waals surface area contributed by atoms with Crippen molar-refractivity contribution in [2.75, 3.05) is 11.5 Å². The van der Waals surface area contributed by atoms with Gasteiger partial charge in [0.1, 0.15) is 6.07 Å². The maximum absolute atomic E-state index is 13.0. The fourth-order valence-electron chi connectivity index (χ4n) is 1.91. The van der Waals surface area contributed by atoms with Crippen molar-refractivity contribution < 1.29 is 13.2 Å². The van der Waals surface area contributed by atoms with Crippen LogP contribution in [0.1, 0.15) is 11.1 Å². The van der Waals surface area contributed by atoms with Gasteiger partial charge in [-0.05, 0) is 29.3 Å². The summed E-state index contributed by atoms with van der Waals surface area (Å²) in [5, 5.41) is 8.94. The first-order chi connectivity index (χ1) is 9.34. The van der Waals surface area contributed by atoms with E-state index < -0.39 is 11.7 Å². The minimum Gasteiger partial charge on any atom is -0.397 e. The van der Waals surface area contributed by atoms with Gasteiger partial charge in [0.2, 0.25) is 0 Å². The molecule has 2 rings (SSSR count). The fraction of sp³-hybridized carbons (Fsp3) is 0.0714.